The second-order valence-electron chi connectivity index (χ2n) is 14.7. The number of carbonyl (C=O) groups excluding carboxylic acids is 1. The molecule has 1 saturated carbocycles. The standard InChI is InChI=1S/C40H54O4/c1-28(17-13-18-30(3)21-22-35-32(5)23-33(41)24-37(35,6)7)15-11-12-16-29(2)19-14-20-31(4)36(43)27-40-38(8,9)25-34(42)26-39(40,10)44-40/h11-20,33-34,41-42H,23-27H2,1-10H3/t33-,34+,39-,40+/m1/s1. The summed E-state index contributed by atoms with van der Waals surface area (Å²) in [5.74, 6) is 6.75. The first-order valence-corrected chi connectivity index (χ1v) is 15.9. The summed E-state index contributed by atoms with van der Waals surface area (Å²) >= 11 is 0. The van der Waals surface area contributed by atoms with Crippen LogP contribution in [-0.2, 0) is 9.53 Å². The van der Waals surface area contributed by atoms with Crippen LogP contribution in [0.15, 0.2) is 94.2 Å². The third-order valence-electron chi connectivity index (χ3n) is 9.54. The zero-order valence-corrected chi connectivity index (χ0v) is 28.7. The van der Waals surface area contributed by atoms with E-state index in [1.54, 1.807) is 0 Å². The van der Waals surface area contributed by atoms with Crippen LogP contribution in [0.4, 0.5) is 0 Å². The van der Waals surface area contributed by atoms with Gasteiger partial charge >= 0.3 is 0 Å². The molecule has 4 nitrogen and oxygen atoms in total. The summed E-state index contributed by atoms with van der Waals surface area (Å²) in [6.07, 6.45) is 22.4. The molecule has 0 aromatic carbocycles. The third kappa shape index (κ3) is 8.60. The highest BCUT2D eigenvalue weighted by atomic mass is 16.6. The molecule has 3 rings (SSSR count). The minimum atomic E-state index is -0.491. The lowest BCUT2D eigenvalue weighted by atomic mass is 9.61. The van der Waals surface area contributed by atoms with Crippen molar-refractivity contribution < 1.29 is 19.7 Å². The lowest BCUT2D eigenvalue weighted by molar-refractivity contribution is -0.118. The molecule has 2 aliphatic carbocycles. The molecular formula is C40H54O4. The number of ketones is 1. The van der Waals surface area contributed by atoms with Crippen LogP contribution in [0, 0.1) is 22.7 Å². The van der Waals surface area contributed by atoms with Gasteiger partial charge in [-0.3, -0.25) is 4.79 Å². The molecule has 3 aliphatic rings. The van der Waals surface area contributed by atoms with Crippen molar-refractivity contribution in [2.45, 2.75) is 125 Å². The molecule has 4 heteroatoms. The van der Waals surface area contributed by atoms with E-state index in [1.165, 1.54) is 5.57 Å². The van der Waals surface area contributed by atoms with Gasteiger partial charge in [0.15, 0.2) is 5.78 Å². The maximum absolute atomic E-state index is 13.1. The van der Waals surface area contributed by atoms with Crippen molar-refractivity contribution >= 4 is 5.78 Å². The van der Waals surface area contributed by atoms with Gasteiger partial charge in [-0.25, -0.2) is 0 Å². The number of epoxide rings is 1. The Labute approximate surface area is 266 Å². The topological polar surface area (TPSA) is 70.1 Å². The van der Waals surface area contributed by atoms with Gasteiger partial charge in [0.25, 0.3) is 0 Å². The summed E-state index contributed by atoms with van der Waals surface area (Å²) in [5, 5.41) is 20.3. The smallest absolute Gasteiger partial charge is 0.161 e. The van der Waals surface area contributed by atoms with Gasteiger partial charge in [-0.2, -0.15) is 0 Å². The lowest BCUT2D eigenvalue weighted by Gasteiger charge is -2.40. The highest BCUT2D eigenvalue weighted by Gasteiger charge is 2.76. The summed E-state index contributed by atoms with van der Waals surface area (Å²) < 4.78 is 6.18. The molecule has 0 bridgehead atoms. The normalized spacial score (nSPS) is 31.0. The van der Waals surface area contributed by atoms with Gasteiger partial charge in [-0.05, 0) is 77.4 Å². The van der Waals surface area contributed by atoms with E-state index in [0.29, 0.717) is 31.3 Å². The first-order valence-electron chi connectivity index (χ1n) is 15.9. The van der Waals surface area contributed by atoms with Crippen molar-refractivity contribution in [3.05, 3.63) is 94.2 Å². The Morgan fingerprint density at radius 1 is 0.841 bits per heavy atom. The van der Waals surface area contributed by atoms with E-state index >= 15 is 0 Å². The average molecular weight is 599 g/mol. The van der Waals surface area contributed by atoms with Crippen molar-refractivity contribution in [2.24, 2.45) is 10.8 Å². The Bertz CT molecular complexity index is 1420. The van der Waals surface area contributed by atoms with Crippen LogP contribution in [0.5, 0.6) is 0 Å². The fourth-order valence-corrected chi connectivity index (χ4v) is 7.11. The van der Waals surface area contributed by atoms with Gasteiger partial charge in [-0.1, -0.05) is 117 Å². The van der Waals surface area contributed by atoms with Gasteiger partial charge in [0.1, 0.15) is 5.60 Å². The second kappa shape index (κ2) is 14.0. The number of aliphatic hydroxyl groups is 2. The number of carbonyl (C=O) groups is 1. The van der Waals surface area contributed by atoms with Crippen LogP contribution in [0.1, 0.15) is 101 Å². The van der Waals surface area contributed by atoms with Crippen molar-refractivity contribution in [1.82, 2.24) is 0 Å². The van der Waals surface area contributed by atoms with Crippen LogP contribution >= 0.6 is 0 Å². The van der Waals surface area contributed by atoms with Gasteiger partial charge in [-0.15, -0.1) is 0 Å². The first kappa shape index (κ1) is 35.5. The molecule has 0 aromatic rings. The highest BCUT2D eigenvalue weighted by molar-refractivity contribution is 5.96. The van der Waals surface area contributed by atoms with Crippen LogP contribution in [-0.4, -0.2) is 39.4 Å². The van der Waals surface area contributed by atoms with Gasteiger partial charge < -0.3 is 14.9 Å². The summed E-state index contributed by atoms with van der Waals surface area (Å²) in [4.78, 5) is 13.1. The molecule has 0 amide bonds. The number of aliphatic hydroxyl groups excluding tert-OH is 2. The van der Waals surface area contributed by atoms with Crippen LogP contribution in [0.25, 0.3) is 0 Å². The van der Waals surface area contributed by atoms with E-state index < -0.39 is 11.2 Å². The van der Waals surface area contributed by atoms with Crippen molar-refractivity contribution in [3.8, 4) is 11.8 Å². The molecule has 0 spiro atoms. The van der Waals surface area contributed by atoms with Crippen molar-refractivity contribution in [1.29, 1.82) is 0 Å². The fraction of sp³-hybridized carbons (Fsp3) is 0.525. The van der Waals surface area contributed by atoms with Crippen LogP contribution in [0.3, 0.4) is 0 Å². The number of fused-ring (bicyclic) bond motifs is 1. The van der Waals surface area contributed by atoms with Crippen molar-refractivity contribution in [2.75, 3.05) is 0 Å². The predicted molar refractivity (Wildman–Crippen MR) is 183 cm³/mol. The lowest BCUT2D eigenvalue weighted by Crippen LogP contribution is -2.48. The van der Waals surface area contributed by atoms with E-state index in [4.69, 9.17) is 4.74 Å². The molecular weight excluding hydrogens is 544 g/mol. The Morgan fingerprint density at radius 3 is 2.00 bits per heavy atom. The Morgan fingerprint density at radius 2 is 1.43 bits per heavy atom. The Balaban J connectivity index is 1.51. The molecule has 2 fully saturated rings. The Kier molecular flexibility index (Phi) is 11.3. The molecule has 1 saturated heterocycles. The maximum atomic E-state index is 13.1. The fourth-order valence-electron chi connectivity index (χ4n) is 7.11. The second-order valence-corrected chi connectivity index (χ2v) is 14.7. The van der Waals surface area contributed by atoms with Crippen LogP contribution < -0.4 is 0 Å². The molecule has 4 atom stereocenters. The zero-order valence-electron chi connectivity index (χ0n) is 28.7. The monoisotopic (exact) mass is 598 g/mol. The van der Waals surface area contributed by atoms with E-state index in [0.717, 1.165) is 28.7 Å². The number of hydrogen-bond acceptors (Lipinski definition) is 4. The van der Waals surface area contributed by atoms with Gasteiger partial charge in [0.2, 0.25) is 0 Å². The largest absolute Gasteiger partial charge is 0.393 e. The molecule has 238 valence electrons. The average Bonchev–Trinajstić information content (AvgIpc) is 3.49. The maximum Gasteiger partial charge on any atom is 0.161 e. The zero-order chi connectivity index (χ0) is 32.9. The van der Waals surface area contributed by atoms with Gasteiger partial charge in [0.05, 0.1) is 17.8 Å². The number of ether oxygens (including phenoxy) is 1. The third-order valence-corrected chi connectivity index (χ3v) is 9.54. The van der Waals surface area contributed by atoms with Crippen molar-refractivity contribution in [3.63, 3.8) is 0 Å². The molecule has 44 heavy (non-hydrogen) atoms. The number of Topliss-reactive ketones (excluding diaryl/α,β-unsaturated/α-hetero) is 1. The molecule has 0 unspecified atom stereocenters. The summed E-state index contributed by atoms with van der Waals surface area (Å²) in [6, 6.07) is 0. The number of hydrogen-bond donors (Lipinski definition) is 2. The molecule has 1 heterocycles. The SMILES string of the molecule is CC(C#CC1=C(C)C[C@@H](O)CC1(C)C)=CC=CC(C)=CC=CC=C(C)C=CC=C(C)C(=O)C[C@@]12O[C@]1(C)C[C@@H](O)CC2(C)C. The van der Waals surface area contributed by atoms with Gasteiger partial charge in [0, 0.05) is 23.8 Å². The number of rotatable bonds is 9. The molecule has 2 N–H and O–H groups in total. The highest BCUT2D eigenvalue weighted by Crippen LogP contribution is 2.67. The molecule has 0 radical (unpaired) electrons. The van der Waals surface area contributed by atoms with E-state index in [2.05, 4.69) is 65.5 Å². The first-order chi connectivity index (χ1) is 20.4. The van der Waals surface area contributed by atoms with Crippen LogP contribution in [0.2, 0.25) is 0 Å². The number of allylic oxidation sites excluding steroid dienone is 15. The predicted octanol–water partition coefficient (Wildman–Crippen LogP) is 8.61. The minimum Gasteiger partial charge on any atom is -0.393 e. The molecule has 1 aliphatic heterocycles. The molecule has 0 aromatic heterocycles. The van der Waals surface area contributed by atoms with E-state index in [1.807, 2.05) is 76.3 Å². The summed E-state index contributed by atoms with van der Waals surface area (Å²) in [7, 11) is 0. The summed E-state index contributed by atoms with van der Waals surface area (Å²) in [5.41, 5.74) is 5.00. The Hall–Kier alpha value is -2.97. The minimum absolute atomic E-state index is 0.0940. The summed E-state index contributed by atoms with van der Waals surface area (Å²) in [6.45, 7) is 20.6. The van der Waals surface area contributed by atoms with E-state index in [-0.39, 0.29) is 28.8 Å². The van der Waals surface area contributed by atoms with E-state index in [9.17, 15) is 15.0 Å². The quantitative estimate of drug-likeness (QED) is 0.121.